The van der Waals surface area contributed by atoms with Gasteiger partial charge in [-0.25, -0.2) is 19.3 Å². The van der Waals surface area contributed by atoms with Gasteiger partial charge in [0, 0.05) is 31.3 Å². The van der Waals surface area contributed by atoms with E-state index < -0.39 is 29.9 Å². The van der Waals surface area contributed by atoms with Gasteiger partial charge in [-0.2, -0.15) is 10.4 Å². The third-order valence-corrected chi connectivity index (χ3v) is 8.30. The number of hydrogen-bond donors (Lipinski definition) is 1. The quantitative estimate of drug-likeness (QED) is 0.365. The van der Waals surface area contributed by atoms with Gasteiger partial charge in [0.05, 0.1) is 41.1 Å². The van der Waals surface area contributed by atoms with Crippen molar-refractivity contribution >= 4 is 40.6 Å². The molecule has 1 aliphatic heterocycles. The van der Waals surface area contributed by atoms with Crippen LogP contribution in [0, 0.1) is 23.2 Å². The number of hydrogen-bond acceptors (Lipinski definition) is 7. The number of anilines is 1. The number of carboxylic acid groups (broad SMARTS) is 1. The number of fused-ring (bicyclic) bond motifs is 1. The summed E-state index contributed by atoms with van der Waals surface area (Å²) in [5, 5.41) is 25.5. The Balaban J connectivity index is 1.45. The van der Waals surface area contributed by atoms with Crippen LogP contribution in [0.2, 0.25) is 5.02 Å². The van der Waals surface area contributed by atoms with Crippen LogP contribution in [0.4, 0.5) is 15.4 Å². The lowest BCUT2D eigenvalue weighted by Gasteiger charge is -2.29. The van der Waals surface area contributed by atoms with Crippen LogP contribution in [-0.2, 0) is 9.47 Å². The summed E-state index contributed by atoms with van der Waals surface area (Å²) >= 11 is 6.66. The molecule has 44 heavy (non-hydrogen) atoms. The Kier molecular flexibility index (Phi) is 7.68. The van der Waals surface area contributed by atoms with Crippen LogP contribution in [0.3, 0.4) is 0 Å². The molecule has 0 radical (unpaired) electrons. The van der Waals surface area contributed by atoms with Gasteiger partial charge < -0.3 is 24.0 Å². The Labute approximate surface area is 260 Å². The van der Waals surface area contributed by atoms with Crippen molar-refractivity contribution in [1.82, 2.24) is 24.2 Å². The molecule has 6 rings (SSSR count). The van der Waals surface area contributed by atoms with Crippen molar-refractivity contribution in [3.8, 4) is 17.9 Å². The first-order valence-electron chi connectivity index (χ1n) is 14.7. The number of benzene rings is 1. The predicted molar refractivity (Wildman–Crippen MR) is 162 cm³/mol. The summed E-state index contributed by atoms with van der Waals surface area (Å²) in [5.41, 5.74) is 1.75. The van der Waals surface area contributed by atoms with E-state index in [1.54, 1.807) is 25.5 Å². The number of amides is 2. The fraction of sp³-hybridized carbons (Fsp3) is 0.516. The SMILES string of the molecule is COC[C@H]1C[C@H](n2nc(C#Cc3cc4ncn(C5CC5)c4cc3Cl)c(C#N)c2N(C(=O)OC(C)(C)C)C2CC2)CN1C(=O)O. The topological polar surface area (TPSA) is 139 Å². The van der Waals surface area contributed by atoms with Crippen LogP contribution in [0.25, 0.3) is 11.0 Å². The van der Waals surface area contributed by atoms with Gasteiger partial charge in [-0.05, 0) is 70.9 Å². The van der Waals surface area contributed by atoms with Crippen LogP contribution in [0.5, 0.6) is 0 Å². The Morgan fingerprint density at radius 1 is 1.18 bits per heavy atom. The summed E-state index contributed by atoms with van der Waals surface area (Å²) < 4.78 is 14.8. The van der Waals surface area contributed by atoms with Crippen molar-refractivity contribution < 1.29 is 24.2 Å². The molecule has 3 fully saturated rings. The highest BCUT2D eigenvalue weighted by molar-refractivity contribution is 6.32. The maximum absolute atomic E-state index is 13.6. The van der Waals surface area contributed by atoms with Crippen LogP contribution >= 0.6 is 11.6 Å². The van der Waals surface area contributed by atoms with Crippen molar-refractivity contribution in [3.63, 3.8) is 0 Å². The Hall–Kier alpha value is -4.26. The van der Waals surface area contributed by atoms with E-state index in [9.17, 15) is 20.0 Å². The number of nitriles is 1. The second-order valence-electron chi connectivity index (χ2n) is 12.6. The van der Waals surface area contributed by atoms with Gasteiger partial charge in [0.2, 0.25) is 0 Å². The van der Waals surface area contributed by atoms with E-state index in [4.69, 9.17) is 26.2 Å². The van der Waals surface area contributed by atoms with E-state index in [1.165, 1.54) is 16.9 Å². The lowest BCUT2D eigenvalue weighted by Crippen LogP contribution is -2.40. The van der Waals surface area contributed by atoms with Crippen LogP contribution < -0.4 is 4.90 Å². The number of carbonyl (C=O) groups is 2. The fourth-order valence-electron chi connectivity index (χ4n) is 5.72. The molecular formula is C31H34ClN7O5. The molecule has 12 nitrogen and oxygen atoms in total. The normalized spacial score (nSPS) is 19.9. The summed E-state index contributed by atoms with van der Waals surface area (Å²) in [5.74, 6) is 6.35. The van der Waals surface area contributed by atoms with Gasteiger partial charge in [0.15, 0.2) is 11.5 Å². The predicted octanol–water partition coefficient (Wildman–Crippen LogP) is 5.34. The highest BCUT2D eigenvalue weighted by atomic mass is 35.5. The first kappa shape index (κ1) is 29.8. The number of likely N-dealkylation sites (tertiary alicyclic amines) is 1. The summed E-state index contributed by atoms with van der Waals surface area (Å²) in [7, 11) is 1.52. The molecule has 230 valence electrons. The van der Waals surface area contributed by atoms with Crippen LogP contribution in [0.15, 0.2) is 18.5 Å². The molecule has 2 aromatic heterocycles. The van der Waals surface area contributed by atoms with Crippen molar-refractivity contribution in [1.29, 1.82) is 5.26 Å². The van der Waals surface area contributed by atoms with Crippen molar-refractivity contribution in [2.45, 2.75) is 82.6 Å². The summed E-state index contributed by atoms with van der Waals surface area (Å²) in [6.07, 6.45) is 4.22. The third kappa shape index (κ3) is 5.80. The third-order valence-electron chi connectivity index (χ3n) is 7.99. The average Bonchev–Trinajstić information content (AvgIpc) is 3.86. The van der Waals surface area contributed by atoms with E-state index in [1.807, 2.05) is 18.5 Å². The molecule has 2 amide bonds. The minimum absolute atomic E-state index is 0.106. The number of methoxy groups -OCH3 is 1. The van der Waals surface area contributed by atoms with Gasteiger partial charge in [-0.1, -0.05) is 17.5 Å². The van der Waals surface area contributed by atoms with Crippen molar-refractivity contribution in [2.24, 2.45) is 0 Å². The molecule has 2 saturated carbocycles. The van der Waals surface area contributed by atoms with E-state index in [0.29, 0.717) is 23.0 Å². The molecule has 0 spiro atoms. The van der Waals surface area contributed by atoms with E-state index in [0.717, 1.165) is 36.7 Å². The van der Waals surface area contributed by atoms with Gasteiger partial charge in [0.1, 0.15) is 17.2 Å². The molecule has 1 N–H and O–H groups in total. The molecule has 2 atom stereocenters. The number of rotatable bonds is 6. The zero-order valence-corrected chi connectivity index (χ0v) is 25.8. The minimum Gasteiger partial charge on any atom is -0.465 e. The van der Waals surface area contributed by atoms with Gasteiger partial charge in [-0.3, -0.25) is 4.90 Å². The van der Waals surface area contributed by atoms with Crippen LogP contribution in [-0.4, -0.2) is 79.5 Å². The average molecular weight is 620 g/mol. The molecule has 0 unspecified atom stereocenters. The highest BCUT2D eigenvalue weighted by Gasteiger charge is 2.44. The van der Waals surface area contributed by atoms with E-state index >= 15 is 0 Å². The maximum Gasteiger partial charge on any atom is 0.416 e. The number of carbonyl (C=O) groups excluding carboxylic acids is 1. The smallest absolute Gasteiger partial charge is 0.416 e. The van der Waals surface area contributed by atoms with Crippen LogP contribution in [0.1, 0.15) is 81.8 Å². The minimum atomic E-state index is -1.08. The Bertz CT molecular complexity index is 1730. The lowest BCUT2D eigenvalue weighted by atomic mass is 10.1. The number of halogens is 1. The summed E-state index contributed by atoms with van der Waals surface area (Å²) in [6, 6.07) is 5.27. The second kappa shape index (κ2) is 11.3. The Morgan fingerprint density at radius 3 is 2.55 bits per heavy atom. The molecule has 1 saturated heterocycles. The first-order chi connectivity index (χ1) is 21.0. The molecule has 13 heteroatoms. The summed E-state index contributed by atoms with van der Waals surface area (Å²) in [4.78, 5) is 33.0. The molecular weight excluding hydrogens is 586 g/mol. The first-order valence-corrected chi connectivity index (χ1v) is 15.1. The van der Waals surface area contributed by atoms with Gasteiger partial charge in [-0.15, -0.1) is 0 Å². The Morgan fingerprint density at radius 2 is 1.93 bits per heavy atom. The number of imidazole rings is 1. The number of ether oxygens (including phenoxy) is 2. The van der Waals surface area contributed by atoms with Gasteiger partial charge in [0.25, 0.3) is 0 Å². The fourth-order valence-corrected chi connectivity index (χ4v) is 5.93. The molecule has 3 aromatic rings. The van der Waals surface area contributed by atoms with E-state index in [-0.39, 0.29) is 36.3 Å². The van der Waals surface area contributed by atoms with E-state index in [2.05, 4.69) is 27.5 Å². The molecule has 3 heterocycles. The van der Waals surface area contributed by atoms with Crippen molar-refractivity contribution in [2.75, 3.05) is 25.2 Å². The highest BCUT2D eigenvalue weighted by Crippen LogP contribution is 2.40. The standard InChI is InChI=1S/C31H34ClN7O5/c1-31(2,3)44-30(42)38(20-8-9-20)28-23(14-33)25(35-39(28)21-12-22(16-43-4)36(15-21)29(40)41)10-5-18-11-26-27(13-24(18)32)37(17-34-26)19-6-7-19/h11,13,17,19-22H,6-9,12,15-16H2,1-4H3,(H,40,41)/t21-,22+/m0/s1. The largest absolute Gasteiger partial charge is 0.465 e. The molecule has 0 bridgehead atoms. The molecule has 2 aliphatic carbocycles. The monoisotopic (exact) mass is 619 g/mol. The number of aromatic nitrogens is 4. The number of nitrogens with zero attached hydrogens (tertiary/aromatic N) is 7. The zero-order chi connectivity index (χ0) is 31.3. The maximum atomic E-state index is 13.6. The molecule has 3 aliphatic rings. The molecule has 1 aromatic carbocycles. The van der Waals surface area contributed by atoms with Gasteiger partial charge >= 0.3 is 12.2 Å². The van der Waals surface area contributed by atoms with Crippen molar-refractivity contribution in [3.05, 3.63) is 40.3 Å². The zero-order valence-electron chi connectivity index (χ0n) is 25.1. The second-order valence-corrected chi connectivity index (χ2v) is 13.0. The lowest BCUT2D eigenvalue weighted by molar-refractivity contribution is 0.0574. The summed E-state index contributed by atoms with van der Waals surface area (Å²) in [6.45, 7) is 5.64.